The summed E-state index contributed by atoms with van der Waals surface area (Å²) in [5, 5.41) is 9.30. The maximum Gasteiger partial charge on any atom is 0.249 e. The van der Waals surface area contributed by atoms with Crippen molar-refractivity contribution in [2.45, 2.75) is 27.7 Å². The van der Waals surface area contributed by atoms with Gasteiger partial charge in [0.05, 0.1) is 5.57 Å². The van der Waals surface area contributed by atoms with E-state index in [2.05, 4.69) is 15.0 Å². The predicted octanol–water partition coefficient (Wildman–Crippen LogP) is 2.22. The summed E-state index contributed by atoms with van der Waals surface area (Å²) < 4.78 is 0. The van der Waals surface area contributed by atoms with E-state index in [-0.39, 0.29) is 23.1 Å². The second-order valence-corrected chi connectivity index (χ2v) is 3.76. The minimum Gasteiger partial charge on any atom is -0.512 e. The van der Waals surface area contributed by atoms with E-state index in [1.807, 2.05) is 19.9 Å². The first kappa shape index (κ1) is 13.0. The molecule has 1 aromatic heterocycles. The molecule has 0 aromatic carbocycles. The molecule has 5 heteroatoms. The van der Waals surface area contributed by atoms with Crippen molar-refractivity contribution in [2.24, 2.45) is 4.99 Å². The fourth-order valence-corrected chi connectivity index (χ4v) is 1.33. The smallest absolute Gasteiger partial charge is 0.249 e. The third-order valence-corrected chi connectivity index (χ3v) is 2.05. The van der Waals surface area contributed by atoms with Crippen LogP contribution < -0.4 is 0 Å². The van der Waals surface area contributed by atoms with Crippen molar-refractivity contribution in [2.75, 3.05) is 0 Å². The third kappa shape index (κ3) is 3.79. The summed E-state index contributed by atoms with van der Waals surface area (Å²) in [6.45, 7) is 6.48. The van der Waals surface area contributed by atoms with E-state index < -0.39 is 0 Å². The van der Waals surface area contributed by atoms with Gasteiger partial charge < -0.3 is 5.11 Å². The number of allylic oxidation sites excluding steroid dienone is 2. The van der Waals surface area contributed by atoms with Crippen LogP contribution >= 0.6 is 0 Å². The highest BCUT2D eigenvalue weighted by Crippen LogP contribution is 2.08. The Kier molecular flexibility index (Phi) is 4.09. The highest BCUT2D eigenvalue weighted by molar-refractivity contribution is 6.12. The summed E-state index contributed by atoms with van der Waals surface area (Å²) in [6.07, 6.45) is 1.28. The lowest BCUT2D eigenvalue weighted by molar-refractivity contribution is -0.113. The molecular weight excluding hydrogens is 218 g/mol. The van der Waals surface area contributed by atoms with Gasteiger partial charge in [-0.05, 0) is 33.8 Å². The van der Waals surface area contributed by atoms with Gasteiger partial charge >= 0.3 is 0 Å². The molecule has 1 aromatic rings. The summed E-state index contributed by atoms with van der Waals surface area (Å²) in [5.74, 6) is -0.0359. The van der Waals surface area contributed by atoms with E-state index in [0.717, 1.165) is 11.4 Å². The highest BCUT2D eigenvalue weighted by atomic mass is 16.3. The van der Waals surface area contributed by atoms with E-state index >= 15 is 0 Å². The Morgan fingerprint density at radius 1 is 1.29 bits per heavy atom. The molecule has 0 unspecified atom stereocenters. The fraction of sp³-hybridized carbons (Fsp3) is 0.333. The lowest BCUT2D eigenvalue weighted by atomic mass is 10.2. The molecular formula is C12H15N3O2. The fourth-order valence-electron chi connectivity index (χ4n) is 1.33. The third-order valence-electron chi connectivity index (χ3n) is 2.05. The molecule has 1 N–H and O–H groups in total. The number of aromatic nitrogens is 2. The summed E-state index contributed by atoms with van der Waals surface area (Å²) in [5.41, 5.74) is 1.77. The van der Waals surface area contributed by atoms with Crippen LogP contribution in [0.15, 0.2) is 22.4 Å². The Bertz CT molecular complexity index is 480. The van der Waals surface area contributed by atoms with Crippen LogP contribution in [0.4, 0.5) is 5.95 Å². The number of aliphatic hydroxyl groups is 1. The Labute approximate surface area is 100.0 Å². The molecule has 0 fully saturated rings. The molecule has 0 amide bonds. The number of aliphatic hydroxyl groups excluding tert-OH is 1. The minimum atomic E-state index is -0.252. The van der Waals surface area contributed by atoms with Gasteiger partial charge in [0.2, 0.25) is 5.95 Å². The van der Waals surface area contributed by atoms with Crippen LogP contribution in [-0.4, -0.2) is 27.1 Å². The van der Waals surface area contributed by atoms with Crippen LogP contribution in [0.25, 0.3) is 0 Å². The minimum absolute atomic E-state index is 0.0642. The van der Waals surface area contributed by atoms with E-state index in [4.69, 9.17) is 0 Å². The monoisotopic (exact) mass is 233 g/mol. The molecule has 5 nitrogen and oxygen atoms in total. The number of Topliss-reactive ketones (excluding diaryl/α,β-unsaturated/α-hetero) is 1. The average Bonchev–Trinajstić information content (AvgIpc) is 2.14. The van der Waals surface area contributed by atoms with Crippen molar-refractivity contribution in [1.82, 2.24) is 9.97 Å². The molecule has 0 aliphatic carbocycles. The van der Waals surface area contributed by atoms with Crippen molar-refractivity contribution < 1.29 is 9.90 Å². The van der Waals surface area contributed by atoms with Crippen molar-refractivity contribution in [3.8, 4) is 0 Å². The topological polar surface area (TPSA) is 75.4 Å². The first-order valence-corrected chi connectivity index (χ1v) is 5.17. The zero-order chi connectivity index (χ0) is 13.0. The normalized spacial score (nSPS) is 12.7. The van der Waals surface area contributed by atoms with Crippen LogP contribution in [-0.2, 0) is 4.79 Å². The lowest BCUT2D eigenvalue weighted by Gasteiger charge is -1.99. The van der Waals surface area contributed by atoms with Crippen molar-refractivity contribution in [3.63, 3.8) is 0 Å². The van der Waals surface area contributed by atoms with E-state index in [1.54, 1.807) is 0 Å². The summed E-state index contributed by atoms with van der Waals surface area (Å²) >= 11 is 0. The van der Waals surface area contributed by atoms with Gasteiger partial charge in [0.15, 0.2) is 5.78 Å². The molecule has 0 saturated heterocycles. The van der Waals surface area contributed by atoms with Gasteiger partial charge in [0.25, 0.3) is 0 Å². The average molecular weight is 233 g/mol. The van der Waals surface area contributed by atoms with Crippen LogP contribution in [0.3, 0.4) is 0 Å². The number of aryl methyl sites for hydroxylation is 2. The molecule has 0 atom stereocenters. The number of carbonyl (C=O) groups is 1. The first-order chi connectivity index (χ1) is 7.90. The molecule has 0 bridgehead atoms. The number of aliphatic imine (C=N–C) groups is 1. The number of rotatable bonds is 3. The van der Waals surface area contributed by atoms with Gasteiger partial charge in [0, 0.05) is 17.6 Å². The summed E-state index contributed by atoms with van der Waals surface area (Å²) in [6, 6.07) is 1.83. The number of carbonyl (C=O) groups excluding carboxylic acids is 1. The van der Waals surface area contributed by atoms with Crippen molar-refractivity contribution >= 4 is 17.9 Å². The van der Waals surface area contributed by atoms with Gasteiger partial charge in [0.1, 0.15) is 5.76 Å². The first-order valence-electron chi connectivity index (χ1n) is 5.17. The van der Waals surface area contributed by atoms with Crippen LogP contribution in [0, 0.1) is 13.8 Å². The standard InChI is InChI=1S/C12H15N3O2/c1-7-5-8(2)15-12(14-7)13-6-11(9(3)16)10(4)17/h5-6,16H,1-4H3. The van der Waals surface area contributed by atoms with E-state index in [0.29, 0.717) is 0 Å². The second-order valence-electron chi connectivity index (χ2n) is 3.76. The predicted molar refractivity (Wildman–Crippen MR) is 65.7 cm³/mol. The van der Waals surface area contributed by atoms with Crippen LogP contribution in [0.5, 0.6) is 0 Å². The molecule has 17 heavy (non-hydrogen) atoms. The molecule has 1 heterocycles. The van der Waals surface area contributed by atoms with Crippen LogP contribution in [0.2, 0.25) is 0 Å². The number of hydrogen-bond donors (Lipinski definition) is 1. The van der Waals surface area contributed by atoms with Gasteiger partial charge in [-0.3, -0.25) is 4.79 Å². The Morgan fingerprint density at radius 2 is 1.82 bits per heavy atom. The molecule has 0 saturated carbocycles. The maximum absolute atomic E-state index is 11.2. The largest absolute Gasteiger partial charge is 0.512 e. The number of ketones is 1. The summed E-state index contributed by atoms with van der Waals surface area (Å²) in [4.78, 5) is 23.4. The van der Waals surface area contributed by atoms with E-state index in [1.165, 1.54) is 20.1 Å². The van der Waals surface area contributed by atoms with Gasteiger partial charge in [-0.25, -0.2) is 15.0 Å². The molecule has 0 aliphatic heterocycles. The zero-order valence-electron chi connectivity index (χ0n) is 10.4. The van der Waals surface area contributed by atoms with Crippen molar-refractivity contribution in [3.05, 3.63) is 28.8 Å². The quantitative estimate of drug-likeness (QED) is 0.493. The molecule has 0 radical (unpaired) electrons. The van der Waals surface area contributed by atoms with Gasteiger partial charge in [-0.15, -0.1) is 0 Å². The Morgan fingerprint density at radius 3 is 2.24 bits per heavy atom. The molecule has 90 valence electrons. The molecule has 1 rings (SSSR count). The SMILES string of the molecule is CC(=O)C(C=Nc1nc(C)cc(C)n1)=C(C)O. The van der Waals surface area contributed by atoms with Crippen LogP contribution in [0.1, 0.15) is 25.2 Å². The highest BCUT2D eigenvalue weighted by Gasteiger charge is 2.05. The van der Waals surface area contributed by atoms with Gasteiger partial charge in [-0.2, -0.15) is 0 Å². The lowest BCUT2D eigenvalue weighted by Crippen LogP contribution is -2.01. The molecule has 0 spiro atoms. The van der Waals surface area contributed by atoms with Crippen molar-refractivity contribution in [1.29, 1.82) is 0 Å². The zero-order valence-corrected chi connectivity index (χ0v) is 10.4. The second kappa shape index (κ2) is 5.34. The number of nitrogens with zero attached hydrogens (tertiary/aromatic N) is 3. The maximum atomic E-state index is 11.2. The van der Waals surface area contributed by atoms with E-state index in [9.17, 15) is 9.90 Å². The Balaban J connectivity index is 3.05. The number of hydrogen-bond acceptors (Lipinski definition) is 5. The van der Waals surface area contributed by atoms with Gasteiger partial charge in [-0.1, -0.05) is 0 Å². The molecule has 0 aliphatic rings. The summed E-state index contributed by atoms with van der Waals surface area (Å²) in [7, 11) is 0. The Hall–Kier alpha value is -2.04.